The molecule has 2 saturated heterocycles. The van der Waals surface area contributed by atoms with Crippen LogP contribution in [0.4, 0.5) is 0 Å². The third-order valence-electron chi connectivity index (χ3n) is 4.49. The molecular weight excluding hydrogens is 224 g/mol. The Balaban J connectivity index is 1.70. The van der Waals surface area contributed by atoms with Gasteiger partial charge in [-0.3, -0.25) is 0 Å². The molecule has 3 rings (SSSR count). The molecule has 2 fully saturated rings. The first-order valence-corrected chi connectivity index (χ1v) is 7.28. The molecule has 4 nitrogen and oxygen atoms in total. The zero-order chi connectivity index (χ0) is 12.4. The molecule has 1 aromatic rings. The molecule has 0 amide bonds. The van der Waals surface area contributed by atoms with Crippen LogP contribution in [0.5, 0.6) is 0 Å². The van der Waals surface area contributed by atoms with Crippen molar-refractivity contribution in [2.24, 2.45) is 0 Å². The summed E-state index contributed by atoms with van der Waals surface area (Å²) in [5.74, 6) is 0. The molecule has 0 aromatic carbocycles. The van der Waals surface area contributed by atoms with Gasteiger partial charge >= 0.3 is 0 Å². The fraction of sp³-hybridized carbons (Fsp3) is 0.786. The van der Waals surface area contributed by atoms with Gasteiger partial charge in [-0.15, -0.1) is 0 Å². The number of likely N-dealkylation sites (tertiary alicyclic amines) is 1. The molecule has 1 aromatic heterocycles. The van der Waals surface area contributed by atoms with Crippen molar-refractivity contribution in [2.75, 3.05) is 20.1 Å². The number of rotatable bonds is 3. The Kier molecular flexibility index (Phi) is 3.66. The van der Waals surface area contributed by atoms with Crippen molar-refractivity contribution in [3.8, 4) is 0 Å². The van der Waals surface area contributed by atoms with E-state index in [-0.39, 0.29) is 0 Å². The first-order chi connectivity index (χ1) is 8.84. The Labute approximate surface area is 109 Å². The number of likely N-dealkylation sites (N-methyl/N-ethyl adjacent to an activating group) is 1. The molecular formula is C14H24N4. The highest BCUT2D eigenvalue weighted by Gasteiger charge is 2.24. The lowest BCUT2D eigenvalue weighted by Crippen LogP contribution is -2.32. The fourth-order valence-corrected chi connectivity index (χ4v) is 3.31. The average Bonchev–Trinajstić information content (AvgIpc) is 3.01. The minimum atomic E-state index is 0.521. The smallest absolute Gasteiger partial charge is 0.0949 e. The summed E-state index contributed by atoms with van der Waals surface area (Å²) in [6, 6.07) is 1.22. The predicted molar refractivity (Wildman–Crippen MR) is 72.5 cm³/mol. The molecule has 1 N–H and O–H groups in total. The largest absolute Gasteiger partial charge is 0.332 e. The van der Waals surface area contributed by atoms with Crippen LogP contribution < -0.4 is 5.32 Å². The lowest BCUT2D eigenvalue weighted by Gasteiger charge is -2.26. The number of aromatic nitrogens is 2. The predicted octanol–water partition coefficient (Wildman–Crippen LogP) is 1.79. The number of nitrogens with one attached hydrogen (secondary N) is 1. The van der Waals surface area contributed by atoms with Crippen molar-refractivity contribution >= 4 is 0 Å². The summed E-state index contributed by atoms with van der Waals surface area (Å²) in [4.78, 5) is 6.85. The minimum absolute atomic E-state index is 0.521. The van der Waals surface area contributed by atoms with E-state index < -0.39 is 0 Å². The van der Waals surface area contributed by atoms with E-state index in [0.717, 1.165) is 13.1 Å². The van der Waals surface area contributed by atoms with Gasteiger partial charge in [0.25, 0.3) is 0 Å². The van der Waals surface area contributed by atoms with E-state index in [1.807, 2.05) is 6.33 Å². The summed E-state index contributed by atoms with van der Waals surface area (Å²) in [5.41, 5.74) is 1.38. The number of hydrogen-bond acceptors (Lipinski definition) is 3. The molecule has 0 bridgehead atoms. The summed E-state index contributed by atoms with van der Waals surface area (Å²) in [7, 11) is 2.24. The van der Waals surface area contributed by atoms with Crippen LogP contribution in [-0.4, -0.2) is 40.6 Å². The van der Waals surface area contributed by atoms with E-state index in [2.05, 4.69) is 33.0 Å². The monoisotopic (exact) mass is 248 g/mol. The molecule has 4 heteroatoms. The summed E-state index contributed by atoms with van der Waals surface area (Å²) < 4.78 is 2.37. The molecule has 100 valence electrons. The molecule has 2 aliphatic heterocycles. The van der Waals surface area contributed by atoms with Crippen molar-refractivity contribution in [1.29, 1.82) is 0 Å². The van der Waals surface area contributed by atoms with Gasteiger partial charge in [0.1, 0.15) is 0 Å². The number of nitrogens with zero attached hydrogens (tertiary/aromatic N) is 3. The topological polar surface area (TPSA) is 33.1 Å². The van der Waals surface area contributed by atoms with Crippen LogP contribution in [0.25, 0.3) is 0 Å². The Bertz CT molecular complexity index is 381. The third-order valence-corrected chi connectivity index (χ3v) is 4.49. The van der Waals surface area contributed by atoms with Crippen LogP contribution in [0.1, 0.15) is 43.8 Å². The van der Waals surface area contributed by atoms with Crippen LogP contribution >= 0.6 is 0 Å². The molecule has 0 spiro atoms. The summed E-state index contributed by atoms with van der Waals surface area (Å²) in [6.45, 7) is 3.50. The fourth-order valence-electron chi connectivity index (χ4n) is 3.31. The molecule has 3 heterocycles. The second-order valence-corrected chi connectivity index (χ2v) is 5.75. The molecule has 2 atom stereocenters. The van der Waals surface area contributed by atoms with Crippen molar-refractivity contribution in [3.63, 3.8) is 0 Å². The minimum Gasteiger partial charge on any atom is -0.332 e. The highest BCUT2D eigenvalue weighted by atomic mass is 15.2. The van der Waals surface area contributed by atoms with Crippen LogP contribution in [-0.2, 0) is 6.54 Å². The summed E-state index contributed by atoms with van der Waals surface area (Å²) >= 11 is 0. The molecule has 0 saturated carbocycles. The normalized spacial score (nSPS) is 29.8. The van der Waals surface area contributed by atoms with Crippen molar-refractivity contribution in [1.82, 2.24) is 19.8 Å². The Morgan fingerprint density at radius 1 is 1.33 bits per heavy atom. The molecule has 0 aliphatic carbocycles. The Hall–Kier alpha value is -0.870. The van der Waals surface area contributed by atoms with Crippen molar-refractivity contribution in [2.45, 2.75) is 50.7 Å². The lowest BCUT2D eigenvalue weighted by atomic mass is 10.0. The standard InChI is InChI=1S/C14H24N4/c1-17-8-4-5-12(17)10-18-11-15-9-14(18)13-6-2-3-7-16-13/h9,11-13,16H,2-8,10H2,1H3. The highest BCUT2D eigenvalue weighted by molar-refractivity contribution is 5.07. The van der Waals surface area contributed by atoms with Gasteiger partial charge in [0.05, 0.1) is 12.0 Å². The van der Waals surface area contributed by atoms with E-state index >= 15 is 0 Å². The zero-order valence-corrected chi connectivity index (χ0v) is 11.3. The SMILES string of the molecule is CN1CCCC1Cn1cncc1C1CCCCN1. The summed E-state index contributed by atoms with van der Waals surface area (Å²) in [6.07, 6.45) is 10.6. The van der Waals surface area contributed by atoms with E-state index in [1.165, 1.54) is 44.3 Å². The van der Waals surface area contributed by atoms with E-state index in [0.29, 0.717) is 12.1 Å². The van der Waals surface area contributed by atoms with E-state index in [9.17, 15) is 0 Å². The van der Waals surface area contributed by atoms with Gasteiger partial charge in [0.15, 0.2) is 0 Å². The maximum Gasteiger partial charge on any atom is 0.0949 e. The molecule has 0 radical (unpaired) electrons. The molecule has 18 heavy (non-hydrogen) atoms. The first kappa shape index (κ1) is 12.2. The van der Waals surface area contributed by atoms with Gasteiger partial charge in [0.2, 0.25) is 0 Å². The number of piperidine rings is 1. The Morgan fingerprint density at radius 2 is 2.28 bits per heavy atom. The maximum atomic E-state index is 4.37. The van der Waals surface area contributed by atoms with Crippen LogP contribution in [0.2, 0.25) is 0 Å². The van der Waals surface area contributed by atoms with Crippen molar-refractivity contribution < 1.29 is 0 Å². The van der Waals surface area contributed by atoms with Gasteiger partial charge < -0.3 is 14.8 Å². The van der Waals surface area contributed by atoms with Crippen LogP contribution in [0, 0.1) is 0 Å². The Morgan fingerprint density at radius 3 is 3.00 bits per heavy atom. The van der Waals surface area contributed by atoms with Gasteiger partial charge in [-0.2, -0.15) is 0 Å². The van der Waals surface area contributed by atoms with Crippen molar-refractivity contribution in [3.05, 3.63) is 18.2 Å². The van der Waals surface area contributed by atoms with E-state index in [4.69, 9.17) is 0 Å². The van der Waals surface area contributed by atoms with E-state index in [1.54, 1.807) is 0 Å². The second kappa shape index (κ2) is 5.41. The van der Waals surface area contributed by atoms with Crippen LogP contribution in [0.3, 0.4) is 0 Å². The number of imidazole rings is 1. The number of hydrogen-bond donors (Lipinski definition) is 1. The molecule has 2 aliphatic rings. The van der Waals surface area contributed by atoms with Gasteiger partial charge in [-0.25, -0.2) is 4.98 Å². The third kappa shape index (κ3) is 2.45. The van der Waals surface area contributed by atoms with Gasteiger partial charge in [-0.1, -0.05) is 6.42 Å². The quantitative estimate of drug-likeness (QED) is 0.885. The van der Waals surface area contributed by atoms with Crippen LogP contribution in [0.15, 0.2) is 12.5 Å². The molecule has 2 unspecified atom stereocenters. The van der Waals surface area contributed by atoms with Gasteiger partial charge in [-0.05, 0) is 45.8 Å². The van der Waals surface area contributed by atoms with Gasteiger partial charge in [0, 0.05) is 24.8 Å². The lowest BCUT2D eigenvalue weighted by molar-refractivity contribution is 0.275. The average molecular weight is 248 g/mol. The maximum absolute atomic E-state index is 4.37. The zero-order valence-electron chi connectivity index (χ0n) is 11.3. The second-order valence-electron chi connectivity index (χ2n) is 5.75. The first-order valence-electron chi connectivity index (χ1n) is 7.28. The highest BCUT2D eigenvalue weighted by Crippen LogP contribution is 2.24. The summed E-state index contributed by atoms with van der Waals surface area (Å²) in [5, 5.41) is 3.62.